The SMILES string of the molecule is Brc1cc(N2CCOCC2)cc(Br)n1. The number of hydrogen-bond acceptors (Lipinski definition) is 3. The number of rotatable bonds is 1. The topological polar surface area (TPSA) is 25.4 Å². The number of nitrogens with zero attached hydrogens (tertiary/aromatic N) is 2. The van der Waals surface area contributed by atoms with Crippen molar-refractivity contribution < 1.29 is 4.74 Å². The molecule has 1 fully saturated rings. The summed E-state index contributed by atoms with van der Waals surface area (Å²) in [6, 6.07) is 4.05. The van der Waals surface area contributed by atoms with Crippen LogP contribution in [0.1, 0.15) is 0 Å². The molecule has 0 unspecified atom stereocenters. The zero-order valence-electron chi connectivity index (χ0n) is 7.54. The van der Waals surface area contributed by atoms with E-state index < -0.39 is 0 Å². The lowest BCUT2D eigenvalue weighted by molar-refractivity contribution is 0.122. The maximum atomic E-state index is 5.30. The molecule has 2 rings (SSSR count). The van der Waals surface area contributed by atoms with Gasteiger partial charge in [0.15, 0.2) is 0 Å². The Labute approximate surface area is 99.7 Å². The van der Waals surface area contributed by atoms with Gasteiger partial charge < -0.3 is 9.64 Å². The normalized spacial score (nSPS) is 17.1. The van der Waals surface area contributed by atoms with Crippen molar-refractivity contribution in [2.75, 3.05) is 31.2 Å². The Balaban J connectivity index is 2.21. The van der Waals surface area contributed by atoms with Crippen LogP contribution in [0.4, 0.5) is 5.69 Å². The maximum absolute atomic E-state index is 5.30. The third-order valence-corrected chi connectivity index (χ3v) is 2.94. The lowest BCUT2D eigenvalue weighted by Crippen LogP contribution is -2.36. The number of hydrogen-bond donors (Lipinski definition) is 0. The van der Waals surface area contributed by atoms with E-state index in [2.05, 4.69) is 41.7 Å². The fourth-order valence-corrected chi connectivity index (χ4v) is 2.55. The van der Waals surface area contributed by atoms with Gasteiger partial charge in [-0.2, -0.15) is 0 Å². The fourth-order valence-electron chi connectivity index (χ4n) is 1.46. The summed E-state index contributed by atoms with van der Waals surface area (Å²) in [6.07, 6.45) is 0. The first-order valence-corrected chi connectivity index (χ1v) is 6.00. The highest BCUT2D eigenvalue weighted by atomic mass is 79.9. The third kappa shape index (κ3) is 2.46. The third-order valence-electron chi connectivity index (χ3n) is 2.12. The summed E-state index contributed by atoms with van der Waals surface area (Å²) in [5.41, 5.74) is 1.18. The summed E-state index contributed by atoms with van der Waals surface area (Å²) in [5.74, 6) is 0. The molecule has 0 spiro atoms. The Morgan fingerprint density at radius 2 is 1.71 bits per heavy atom. The maximum Gasteiger partial charge on any atom is 0.109 e. The molecule has 3 nitrogen and oxygen atoms in total. The number of anilines is 1. The molecule has 1 aliphatic rings. The number of ether oxygens (including phenoxy) is 1. The first-order valence-electron chi connectivity index (χ1n) is 4.41. The Kier molecular flexibility index (Phi) is 3.41. The van der Waals surface area contributed by atoms with E-state index in [1.807, 2.05) is 12.1 Å². The van der Waals surface area contributed by atoms with Gasteiger partial charge in [0.05, 0.1) is 13.2 Å². The molecule has 0 atom stereocenters. The van der Waals surface area contributed by atoms with E-state index in [1.54, 1.807) is 0 Å². The van der Waals surface area contributed by atoms with E-state index in [9.17, 15) is 0 Å². The second-order valence-electron chi connectivity index (χ2n) is 3.07. The van der Waals surface area contributed by atoms with Gasteiger partial charge >= 0.3 is 0 Å². The van der Waals surface area contributed by atoms with Crippen LogP contribution in [0.15, 0.2) is 21.3 Å². The van der Waals surface area contributed by atoms with Gasteiger partial charge in [-0.05, 0) is 44.0 Å². The highest BCUT2D eigenvalue weighted by Crippen LogP contribution is 2.23. The summed E-state index contributed by atoms with van der Waals surface area (Å²) in [6.45, 7) is 3.50. The summed E-state index contributed by atoms with van der Waals surface area (Å²) in [4.78, 5) is 6.50. The van der Waals surface area contributed by atoms with Crippen molar-refractivity contribution >= 4 is 37.5 Å². The van der Waals surface area contributed by atoms with Crippen molar-refractivity contribution in [3.8, 4) is 0 Å². The molecule has 1 aromatic rings. The average Bonchev–Trinajstić information content (AvgIpc) is 2.18. The van der Waals surface area contributed by atoms with Crippen LogP contribution in [0.2, 0.25) is 0 Å². The van der Waals surface area contributed by atoms with Crippen LogP contribution < -0.4 is 4.90 Å². The minimum atomic E-state index is 0.803. The molecule has 1 saturated heterocycles. The van der Waals surface area contributed by atoms with Gasteiger partial charge in [-0.3, -0.25) is 0 Å². The monoisotopic (exact) mass is 320 g/mol. The molecule has 0 aliphatic carbocycles. The van der Waals surface area contributed by atoms with E-state index in [0.717, 1.165) is 35.5 Å². The molecular weight excluding hydrogens is 312 g/mol. The molecule has 0 radical (unpaired) electrons. The van der Waals surface area contributed by atoms with E-state index in [0.29, 0.717) is 0 Å². The standard InChI is InChI=1S/C9H10Br2N2O/c10-8-5-7(6-9(11)12-8)13-1-3-14-4-2-13/h5-6H,1-4H2. The number of morpholine rings is 1. The molecule has 14 heavy (non-hydrogen) atoms. The second-order valence-corrected chi connectivity index (χ2v) is 4.70. The molecule has 0 aromatic carbocycles. The quantitative estimate of drug-likeness (QED) is 0.743. The van der Waals surface area contributed by atoms with Crippen molar-refractivity contribution in [2.24, 2.45) is 0 Å². The van der Waals surface area contributed by atoms with E-state index in [4.69, 9.17) is 4.74 Å². The Hall–Kier alpha value is -0.130. The molecule has 0 amide bonds. The average molecular weight is 322 g/mol. The van der Waals surface area contributed by atoms with Crippen LogP contribution in [0.25, 0.3) is 0 Å². The predicted octanol–water partition coefficient (Wildman–Crippen LogP) is 2.44. The number of pyridine rings is 1. The first kappa shape index (κ1) is 10.4. The van der Waals surface area contributed by atoms with Crippen LogP contribution in [-0.4, -0.2) is 31.3 Å². The molecule has 0 saturated carbocycles. The van der Waals surface area contributed by atoms with E-state index >= 15 is 0 Å². The van der Waals surface area contributed by atoms with E-state index in [1.165, 1.54) is 5.69 Å². The van der Waals surface area contributed by atoms with Crippen molar-refractivity contribution in [1.29, 1.82) is 0 Å². The minimum absolute atomic E-state index is 0.803. The smallest absolute Gasteiger partial charge is 0.109 e. The first-order chi connectivity index (χ1) is 6.75. The van der Waals surface area contributed by atoms with Gasteiger partial charge in [0.1, 0.15) is 9.21 Å². The predicted molar refractivity (Wildman–Crippen MR) is 62.7 cm³/mol. The molecule has 1 aromatic heterocycles. The van der Waals surface area contributed by atoms with Gasteiger partial charge in [-0.25, -0.2) is 4.98 Å². The second kappa shape index (κ2) is 4.59. The largest absolute Gasteiger partial charge is 0.378 e. The van der Waals surface area contributed by atoms with Gasteiger partial charge in [-0.15, -0.1) is 0 Å². The van der Waals surface area contributed by atoms with Crippen LogP contribution in [-0.2, 0) is 4.74 Å². The molecular formula is C9H10Br2N2O. The lowest BCUT2D eigenvalue weighted by atomic mass is 10.3. The van der Waals surface area contributed by atoms with Crippen molar-refractivity contribution in [2.45, 2.75) is 0 Å². The highest BCUT2D eigenvalue weighted by molar-refractivity contribution is 9.11. The van der Waals surface area contributed by atoms with Gasteiger partial charge in [0, 0.05) is 18.8 Å². The van der Waals surface area contributed by atoms with Crippen LogP contribution in [0.3, 0.4) is 0 Å². The summed E-state index contributed by atoms with van der Waals surface area (Å²) in [5, 5.41) is 0. The highest BCUT2D eigenvalue weighted by Gasteiger charge is 2.12. The van der Waals surface area contributed by atoms with Gasteiger partial charge in [-0.1, -0.05) is 0 Å². The molecule has 1 aliphatic heterocycles. The summed E-state index contributed by atoms with van der Waals surface area (Å²) in [7, 11) is 0. The molecule has 2 heterocycles. The van der Waals surface area contributed by atoms with Crippen LogP contribution >= 0.6 is 31.9 Å². The molecule has 76 valence electrons. The Bertz CT molecular complexity index is 306. The van der Waals surface area contributed by atoms with Crippen molar-refractivity contribution in [3.05, 3.63) is 21.3 Å². The van der Waals surface area contributed by atoms with E-state index in [-0.39, 0.29) is 0 Å². The van der Waals surface area contributed by atoms with Crippen molar-refractivity contribution in [1.82, 2.24) is 4.98 Å². The van der Waals surface area contributed by atoms with Gasteiger partial charge in [0.25, 0.3) is 0 Å². The van der Waals surface area contributed by atoms with Gasteiger partial charge in [0.2, 0.25) is 0 Å². The van der Waals surface area contributed by atoms with Crippen LogP contribution in [0, 0.1) is 0 Å². The fraction of sp³-hybridized carbons (Fsp3) is 0.444. The Morgan fingerprint density at radius 1 is 1.14 bits per heavy atom. The van der Waals surface area contributed by atoms with Crippen LogP contribution in [0.5, 0.6) is 0 Å². The van der Waals surface area contributed by atoms with Crippen molar-refractivity contribution in [3.63, 3.8) is 0 Å². The minimum Gasteiger partial charge on any atom is -0.378 e. The Morgan fingerprint density at radius 3 is 2.29 bits per heavy atom. The lowest BCUT2D eigenvalue weighted by Gasteiger charge is -2.28. The molecule has 5 heteroatoms. The molecule has 0 bridgehead atoms. The summed E-state index contributed by atoms with van der Waals surface area (Å²) >= 11 is 6.76. The number of halogens is 2. The number of aromatic nitrogens is 1. The zero-order valence-corrected chi connectivity index (χ0v) is 10.7. The molecule has 0 N–H and O–H groups in total. The summed E-state index contributed by atoms with van der Waals surface area (Å²) < 4.78 is 7.01. The zero-order chi connectivity index (χ0) is 9.97.